The van der Waals surface area contributed by atoms with Crippen molar-refractivity contribution in [2.75, 3.05) is 0 Å². The Morgan fingerprint density at radius 2 is 1.11 bits per heavy atom. The van der Waals surface area contributed by atoms with Crippen LogP contribution in [-0.2, 0) is 41.5 Å². The third-order valence-electron chi connectivity index (χ3n) is 9.83. The first-order valence-corrected chi connectivity index (χ1v) is 20.0. The fraction of sp³-hybridized carbons (Fsp3) is 0.314. The minimum absolute atomic E-state index is 0. The van der Waals surface area contributed by atoms with Crippen molar-refractivity contribution in [3.63, 3.8) is 0 Å². The van der Waals surface area contributed by atoms with Gasteiger partial charge in [-0.15, -0.1) is 28.8 Å². The fourth-order valence-electron chi connectivity index (χ4n) is 6.84. The standard InChI is InChI=1S/C33H33.C10H15.C8H8.2ClH.Zr/c1-32(2,3)30-20-26-24(18-28(30)22-13-9-7-10-14-22)17-25-19-29(23-15-11-8-12-16-23)31(21-27(25)26)33(4,5)6;1-8-5-6-9(7-8)10(2,3)4;1-2-8-6-4-3-5-7-8;;;/h7-16,18,20-21H,17H2,1-6H3;6-8H,1-4H3;3-7H,1H3;2*1H;/q2*-1;;;;+2/p-2. The smallest absolute Gasteiger partial charge is 1.00 e. The van der Waals surface area contributed by atoms with Gasteiger partial charge in [-0.25, -0.2) is 6.08 Å². The third-order valence-corrected chi connectivity index (χ3v) is 10.5. The van der Waals surface area contributed by atoms with E-state index in [2.05, 4.69) is 204 Å². The summed E-state index contributed by atoms with van der Waals surface area (Å²) in [7, 11) is 0. The Morgan fingerprint density at radius 3 is 1.54 bits per heavy atom. The van der Waals surface area contributed by atoms with Gasteiger partial charge in [-0.05, 0) is 39.5 Å². The molecule has 0 heterocycles. The molecule has 2 aliphatic carbocycles. The molecule has 1 unspecified atom stereocenters. The Kier molecular flexibility index (Phi) is 15.7. The van der Waals surface area contributed by atoms with Gasteiger partial charge in [-0.1, -0.05) is 170 Å². The van der Waals surface area contributed by atoms with E-state index in [-0.39, 0.29) is 35.6 Å². The summed E-state index contributed by atoms with van der Waals surface area (Å²) < 4.78 is 1.46. The van der Waals surface area contributed by atoms with E-state index in [0.29, 0.717) is 11.3 Å². The number of allylic oxidation sites excluding steroid dienone is 4. The molecule has 0 aliphatic heterocycles. The molecule has 5 aromatic carbocycles. The molecule has 7 rings (SSSR count). The van der Waals surface area contributed by atoms with E-state index in [4.69, 9.17) is 0 Å². The number of hydrogen-bond acceptors (Lipinski definition) is 0. The molecule has 0 spiro atoms. The number of fused-ring (bicyclic) bond motifs is 3. The largest absolute Gasteiger partial charge is 1.00 e. The Bertz CT molecular complexity index is 1960. The summed E-state index contributed by atoms with van der Waals surface area (Å²) in [4.78, 5) is 0. The number of halogens is 2. The van der Waals surface area contributed by atoms with E-state index in [1.54, 1.807) is 0 Å². The minimum Gasteiger partial charge on any atom is -1.00 e. The molecular formula is C51H56Cl2Zr-2. The van der Waals surface area contributed by atoms with Crippen molar-refractivity contribution in [3.05, 3.63) is 167 Å². The van der Waals surface area contributed by atoms with Crippen molar-refractivity contribution in [1.82, 2.24) is 0 Å². The topological polar surface area (TPSA) is 0 Å². The first-order chi connectivity index (χ1) is 24.4. The Hall–Kier alpha value is -3.09. The van der Waals surface area contributed by atoms with Crippen LogP contribution in [0.4, 0.5) is 0 Å². The summed E-state index contributed by atoms with van der Waals surface area (Å²) in [5.74, 6) is 0.522. The van der Waals surface area contributed by atoms with Crippen LogP contribution in [0.25, 0.3) is 33.4 Å². The van der Waals surface area contributed by atoms with Crippen molar-refractivity contribution < 1.29 is 49.0 Å². The fourth-order valence-corrected chi connectivity index (χ4v) is 7.25. The molecule has 5 aromatic rings. The maximum atomic E-state index is 3.88. The second kappa shape index (κ2) is 18.7. The van der Waals surface area contributed by atoms with Crippen molar-refractivity contribution in [1.29, 1.82) is 0 Å². The van der Waals surface area contributed by atoms with Crippen molar-refractivity contribution in [3.8, 4) is 33.4 Å². The van der Waals surface area contributed by atoms with Gasteiger partial charge in [0.05, 0.1) is 0 Å². The van der Waals surface area contributed by atoms with Gasteiger partial charge in [0, 0.05) is 0 Å². The molecule has 3 heteroatoms. The summed E-state index contributed by atoms with van der Waals surface area (Å²) in [5.41, 5.74) is 16.6. The normalized spacial score (nSPS) is 14.2. The summed E-state index contributed by atoms with van der Waals surface area (Å²) in [6.45, 7) is 24.9. The zero-order valence-electron chi connectivity index (χ0n) is 34.1. The molecule has 0 nitrogen and oxygen atoms in total. The van der Waals surface area contributed by atoms with Crippen molar-refractivity contribution in [2.24, 2.45) is 11.3 Å². The van der Waals surface area contributed by atoms with Gasteiger partial charge in [0.2, 0.25) is 0 Å². The van der Waals surface area contributed by atoms with Crippen LogP contribution in [0.5, 0.6) is 0 Å². The quantitative estimate of drug-likeness (QED) is 0.160. The molecule has 54 heavy (non-hydrogen) atoms. The van der Waals surface area contributed by atoms with Crippen LogP contribution in [0.2, 0.25) is 0 Å². The van der Waals surface area contributed by atoms with Gasteiger partial charge < -0.3 is 24.8 Å². The monoisotopic (exact) mass is 828 g/mol. The van der Waals surface area contributed by atoms with Gasteiger partial charge in [0.1, 0.15) is 0 Å². The summed E-state index contributed by atoms with van der Waals surface area (Å²) in [6.07, 6.45) is 8.60. The second-order valence-corrected chi connectivity index (χ2v) is 19.2. The predicted octanol–water partition coefficient (Wildman–Crippen LogP) is 7.74. The molecule has 0 saturated heterocycles. The number of benzene rings is 5. The average Bonchev–Trinajstić information content (AvgIpc) is 3.71. The second-order valence-electron chi connectivity index (χ2n) is 17.4. The summed E-state index contributed by atoms with van der Waals surface area (Å²) >= 11 is 1.51. The molecule has 0 N–H and O–H groups in total. The third kappa shape index (κ3) is 11.2. The molecular weight excluding hydrogens is 775 g/mol. The van der Waals surface area contributed by atoms with Crippen LogP contribution in [0.3, 0.4) is 0 Å². The Morgan fingerprint density at radius 1 is 0.611 bits per heavy atom. The van der Waals surface area contributed by atoms with E-state index < -0.39 is 0 Å². The Labute approximate surface area is 354 Å². The number of hydrogen-bond donors (Lipinski definition) is 0. The molecule has 2 aliphatic rings. The first-order valence-electron chi connectivity index (χ1n) is 18.7. The predicted molar refractivity (Wildman–Crippen MR) is 223 cm³/mol. The molecule has 280 valence electrons. The SMILES string of the molecule is CC(C)(C)c1cc2c([c-]c1-c1ccccc1)Cc1cc(-c3ccccc3)c(C(C)(C)C)cc1-2.CC1[C-]=CC(C(C)(C)C)=C1.C[C](=[Zr+2])c1ccccc1.[Cl-].[Cl-]. The van der Waals surface area contributed by atoms with Crippen LogP contribution in [0.1, 0.15) is 104 Å². The van der Waals surface area contributed by atoms with Gasteiger partial charge in [-0.2, -0.15) is 11.6 Å². The number of rotatable bonds is 3. The van der Waals surface area contributed by atoms with Crippen LogP contribution in [-0.4, -0.2) is 3.21 Å². The molecule has 0 radical (unpaired) electrons. The molecule has 0 fully saturated rings. The maximum Gasteiger partial charge on any atom is -1.00 e. The minimum atomic E-state index is 0. The van der Waals surface area contributed by atoms with Gasteiger partial charge in [0.15, 0.2) is 0 Å². The van der Waals surface area contributed by atoms with E-state index in [9.17, 15) is 0 Å². The molecule has 1 atom stereocenters. The van der Waals surface area contributed by atoms with Gasteiger partial charge in [0.25, 0.3) is 0 Å². The molecule has 0 amide bonds. The van der Waals surface area contributed by atoms with Gasteiger partial charge >= 0.3 is 70.3 Å². The Balaban J connectivity index is 0.000000306. The molecule has 0 saturated carbocycles. The van der Waals surface area contributed by atoms with E-state index in [0.717, 1.165) is 6.42 Å². The van der Waals surface area contributed by atoms with Crippen LogP contribution >= 0.6 is 0 Å². The van der Waals surface area contributed by atoms with Crippen LogP contribution in [0, 0.1) is 23.5 Å². The zero-order chi connectivity index (χ0) is 37.8. The maximum absolute atomic E-state index is 3.88. The zero-order valence-corrected chi connectivity index (χ0v) is 38.1. The molecule has 0 bridgehead atoms. The van der Waals surface area contributed by atoms with E-state index >= 15 is 0 Å². The summed E-state index contributed by atoms with van der Waals surface area (Å²) in [5, 5.41) is 0. The first kappa shape index (κ1) is 45.3. The van der Waals surface area contributed by atoms with Crippen LogP contribution < -0.4 is 24.8 Å². The summed E-state index contributed by atoms with van der Waals surface area (Å²) in [6, 6.07) is 43.3. The van der Waals surface area contributed by atoms with Crippen molar-refractivity contribution >= 4 is 3.21 Å². The van der Waals surface area contributed by atoms with Crippen LogP contribution in [0.15, 0.2) is 127 Å². The van der Waals surface area contributed by atoms with Crippen molar-refractivity contribution in [2.45, 2.75) is 93.4 Å². The average molecular weight is 831 g/mol. The van der Waals surface area contributed by atoms with E-state index in [1.165, 1.54) is 94.2 Å². The molecule has 0 aromatic heterocycles. The van der Waals surface area contributed by atoms with Gasteiger partial charge in [-0.3, -0.25) is 6.08 Å². The van der Waals surface area contributed by atoms with E-state index in [1.807, 2.05) is 6.07 Å².